The second-order valence-electron chi connectivity index (χ2n) is 5.17. The van der Waals surface area contributed by atoms with Crippen LogP contribution in [0.5, 0.6) is 5.75 Å². The molecule has 0 aliphatic rings. The van der Waals surface area contributed by atoms with Gasteiger partial charge in [0, 0.05) is 19.7 Å². The minimum Gasteiger partial charge on any atom is -0.490 e. The van der Waals surface area contributed by atoms with Gasteiger partial charge in [-0.15, -0.1) is 0 Å². The van der Waals surface area contributed by atoms with E-state index in [0.29, 0.717) is 40.9 Å². The number of amides is 2. The van der Waals surface area contributed by atoms with Crippen molar-refractivity contribution in [3.63, 3.8) is 0 Å². The second kappa shape index (κ2) is 9.05. The monoisotopic (exact) mass is 362 g/mol. The third-order valence-corrected chi connectivity index (χ3v) is 3.54. The van der Waals surface area contributed by atoms with Crippen molar-refractivity contribution in [3.8, 4) is 5.75 Å². The number of anilines is 2. The average Bonchev–Trinajstić information content (AvgIpc) is 2.58. The maximum Gasteiger partial charge on any atom is 0.259 e. The summed E-state index contributed by atoms with van der Waals surface area (Å²) in [6.07, 6.45) is 0. The Morgan fingerprint density at radius 3 is 2.56 bits per heavy atom. The van der Waals surface area contributed by atoms with Crippen molar-refractivity contribution in [1.29, 1.82) is 0 Å². The number of carbonyl (C=O) groups excluding carboxylic acids is 2. The van der Waals surface area contributed by atoms with E-state index in [1.54, 1.807) is 49.6 Å². The van der Waals surface area contributed by atoms with E-state index in [9.17, 15) is 9.59 Å². The lowest BCUT2D eigenvalue weighted by Crippen LogP contribution is -2.15. The first-order valence-electron chi connectivity index (χ1n) is 7.60. The molecule has 0 saturated heterocycles. The van der Waals surface area contributed by atoms with Crippen molar-refractivity contribution in [2.45, 2.75) is 6.92 Å². The molecule has 0 atom stereocenters. The Morgan fingerprint density at radius 2 is 1.84 bits per heavy atom. The Morgan fingerprint density at radius 1 is 1.08 bits per heavy atom. The topological polar surface area (TPSA) is 76.7 Å². The molecule has 132 valence electrons. The van der Waals surface area contributed by atoms with Gasteiger partial charge in [0.15, 0.2) is 0 Å². The highest BCUT2D eigenvalue weighted by Gasteiger charge is 2.13. The fraction of sp³-hybridized carbons (Fsp3) is 0.222. The molecule has 0 fully saturated rings. The van der Waals surface area contributed by atoms with Gasteiger partial charge in [0.2, 0.25) is 5.91 Å². The minimum atomic E-state index is -0.330. The summed E-state index contributed by atoms with van der Waals surface area (Å²) in [5.74, 6) is -0.112. The molecule has 0 aromatic heterocycles. The van der Waals surface area contributed by atoms with Crippen LogP contribution in [0.2, 0.25) is 5.02 Å². The first-order chi connectivity index (χ1) is 12.0. The van der Waals surface area contributed by atoms with Crippen LogP contribution in [-0.2, 0) is 9.53 Å². The summed E-state index contributed by atoms with van der Waals surface area (Å²) in [7, 11) is 1.58. The summed E-state index contributed by atoms with van der Waals surface area (Å²) >= 11 is 6.03. The van der Waals surface area contributed by atoms with Gasteiger partial charge in [-0.1, -0.05) is 23.7 Å². The number of rotatable bonds is 7. The minimum absolute atomic E-state index is 0.248. The molecule has 2 amide bonds. The van der Waals surface area contributed by atoms with E-state index in [0.717, 1.165) is 0 Å². The Kier molecular flexibility index (Phi) is 6.80. The fourth-order valence-corrected chi connectivity index (χ4v) is 2.27. The molecule has 0 saturated carbocycles. The number of para-hydroxylation sites is 1. The summed E-state index contributed by atoms with van der Waals surface area (Å²) < 4.78 is 10.5. The number of hydrogen-bond acceptors (Lipinski definition) is 4. The summed E-state index contributed by atoms with van der Waals surface area (Å²) in [6, 6.07) is 11.8. The smallest absolute Gasteiger partial charge is 0.259 e. The van der Waals surface area contributed by atoms with E-state index in [-0.39, 0.29) is 11.8 Å². The lowest BCUT2D eigenvalue weighted by molar-refractivity contribution is -0.114. The van der Waals surface area contributed by atoms with Crippen LogP contribution in [0.3, 0.4) is 0 Å². The maximum atomic E-state index is 12.5. The van der Waals surface area contributed by atoms with Crippen molar-refractivity contribution < 1.29 is 19.1 Å². The molecule has 2 N–H and O–H groups in total. The molecule has 25 heavy (non-hydrogen) atoms. The van der Waals surface area contributed by atoms with Gasteiger partial charge in [-0.05, 0) is 30.3 Å². The Hall–Kier alpha value is -2.57. The van der Waals surface area contributed by atoms with Crippen molar-refractivity contribution >= 4 is 34.8 Å². The maximum absolute atomic E-state index is 12.5. The van der Waals surface area contributed by atoms with Crippen LogP contribution in [0.25, 0.3) is 0 Å². The van der Waals surface area contributed by atoms with Gasteiger partial charge in [-0.25, -0.2) is 0 Å². The van der Waals surface area contributed by atoms with Crippen LogP contribution in [0.15, 0.2) is 42.5 Å². The Bertz CT molecular complexity index is 764. The summed E-state index contributed by atoms with van der Waals surface area (Å²) in [5.41, 5.74) is 1.33. The number of hydrogen-bond donors (Lipinski definition) is 2. The molecule has 2 aromatic carbocycles. The van der Waals surface area contributed by atoms with Gasteiger partial charge in [-0.2, -0.15) is 0 Å². The van der Waals surface area contributed by atoms with Gasteiger partial charge in [0.25, 0.3) is 5.91 Å². The normalized spacial score (nSPS) is 10.2. The molecule has 0 heterocycles. The number of benzene rings is 2. The van der Waals surface area contributed by atoms with Crippen LogP contribution >= 0.6 is 11.6 Å². The highest BCUT2D eigenvalue weighted by molar-refractivity contribution is 6.33. The predicted octanol–water partition coefficient (Wildman–Crippen LogP) is 3.58. The Labute approximate surface area is 151 Å². The Balaban J connectivity index is 2.16. The van der Waals surface area contributed by atoms with Crippen LogP contribution in [-0.4, -0.2) is 32.1 Å². The number of ether oxygens (including phenoxy) is 2. The standard InChI is InChI=1S/C18H19ClN2O4/c1-12(22)20-16-11-13(7-8-15(16)19)21-18(23)14-5-3-4-6-17(14)25-10-9-24-2/h3-8,11H,9-10H2,1-2H3,(H,20,22)(H,21,23). The number of halogens is 1. The first-order valence-corrected chi connectivity index (χ1v) is 7.98. The van der Waals surface area contributed by atoms with Gasteiger partial charge in [0.05, 0.1) is 22.9 Å². The molecule has 0 aliphatic carbocycles. The van der Waals surface area contributed by atoms with Crippen molar-refractivity contribution in [2.75, 3.05) is 31.0 Å². The summed E-state index contributed by atoms with van der Waals surface area (Å²) in [5, 5.41) is 5.77. The molecule has 2 aromatic rings. The quantitative estimate of drug-likeness (QED) is 0.738. The zero-order valence-corrected chi connectivity index (χ0v) is 14.7. The predicted molar refractivity (Wildman–Crippen MR) is 97.5 cm³/mol. The second-order valence-corrected chi connectivity index (χ2v) is 5.57. The molecular formula is C18H19ClN2O4. The largest absolute Gasteiger partial charge is 0.490 e. The summed E-state index contributed by atoms with van der Waals surface area (Å²) in [4.78, 5) is 23.7. The molecule has 0 radical (unpaired) electrons. The number of nitrogens with one attached hydrogen (secondary N) is 2. The van der Waals surface area contributed by atoms with E-state index in [1.165, 1.54) is 6.92 Å². The van der Waals surface area contributed by atoms with E-state index in [1.807, 2.05) is 0 Å². The lowest BCUT2D eigenvalue weighted by atomic mass is 10.1. The van der Waals surface area contributed by atoms with E-state index in [2.05, 4.69) is 10.6 Å². The molecular weight excluding hydrogens is 344 g/mol. The highest BCUT2D eigenvalue weighted by Crippen LogP contribution is 2.26. The third-order valence-electron chi connectivity index (χ3n) is 3.21. The van der Waals surface area contributed by atoms with Gasteiger partial charge >= 0.3 is 0 Å². The van der Waals surface area contributed by atoms with Crippen LogP contribution in [0, 0.1) is 0 Å². The van der Waals surface area contributed by atoms with Gasteiger partial charge < -0.3 is 20.1 Å². The highest BCUT2D eigenvalue weighted by atomic mass is 35.5. The van der Waals surface area contributed by atoms with Gasteiger partial charge in [-0.3, -0.25) is 9.59 Å². The van der Waals surface area contributed by atoms with Gasteiger partial charge in [0.1, 0.15) is 12.4 Å². The zero-order chi connectivity index (χ0) is 18.2. The SMILES string of the molecule is COCCOc1ccccc1C(=O)Nc1ccc(Cl)c(NC(C)=O)c1. The van der Waals surface area contributed by atoms with E-state index < -0.39 is 0 Å². The van der Waals surface area contributed by atoms with Crippen LogP contribution < -0.4 is 15.4 Å². The van der Waals surface area contributed by atoms with Crippen molar-refractivity contribution in [1.82, 2.24) is 0 Å². The molecule has 0 unspecified atom stereocenters. The summed E-state index contributed by atoms with van der Waals surface area (Å²) in [6.45, 7) is 2.15. The molecule has 0 spiro atoms. The molecule has 7 heteroatoms. The van der Waals surface area contributed by atoms with Crippen LogP contribution in [0.4, 0.5) is 11.4 Å². The number of carbonyl (C=O) groups is 2. The third kappa shape index (κ3) is 5.48. The average molecular weight is 363 g/mol. The van der Waals surface area contributed by atoms with Crippen molar-refractivity contribution in [2.24, 2.45) is 0 Å². The number of methoxy groups -OCH3 is 1. The lowest BCUT2D eigenvalue weighted by Gasteiger charge is -2.12. The fourth-order valence-electron chi connectivity index (χ4n) is 2.10. The molecule has 0 bridgehead atoms. The van der Waals surface area contributed by atoms with Crippen LogP contribution in [0.1, 0.15) is 17.3 Å². The molecule has 2 rings (SSSR count). The zero-order valence-electron chi connectivity index (χ0n) is 14.0. The van der Waals surface area contributed by atoms with Crippen molar-refractivity contribution in [3.05, 3.63) is 53.1 Å². The molecule has 6 nitrogen and oxygen atoms in total. The molecule has 0 aliphatic heterocycles. The van der Waals surface area contributed by atoms with E-state index in [4.69, 9.17) is 21.1 Å². The first kappa shape index (κ1) is 18.8. The van der Waals surface area contributed by atoms with E-state index >= 15 is 0 Å².